The molecular weight excluding hydrogens is 512 g/mol. The summed E-state index contributed by atoms with van der Waals surface area (Å²) in [6.07, 6.45) is 0.0344. The van der Waals surface area contributed by atoms with Gasteiger partial charge in [0.2, 0.25) is 5.88 Å². The van der Waals surface area contributed by atoms with Crippen LogP contribution in [-0.2, 0) is 0 Å². The van der Waals surface area contributed by atoms with Crippen LogP contribution < -0.4 is 24.7 Å². The van der Waals surface area contributed by atoms with Crippen molar-refractivity contribution in [1.29, 1.82) is 5.26 Å². The fraction of sp³-hybridized carbons (Fsp3) is 0.185. The zero-order valence-corrected chi connectivity index (χ0v) is 21.0. The number of methoxy groups -OCH3 is 1. The molecule has 35 heavy (non-hydrogen) atoms. The van der Waals surface area contributed by atoms with Crippen LogP contribution in [0.25, 0.3) is 0 Å². The normalized spacial score (nSPS) is 14.6. The van der Waals surface area contributed by atoms with Crippen LogP contribution in [0.4, 0.5) is 0 Å². The van der Waals surface area contributed by atoms with Gasteiger partial charge in [0, 0.05) is 21.7 Å². The van der Waals surface area contributed by atoms with Gasteiger partial charge in [0.25, 0.3) is 0 Å². The smallest absolute Gasteiger partial charge is 0.343 e. The summed E-state index contributed by atoms with van der Waals surface area (Å²) in [6.45, 7) is 3.86. The van der Waals surface area contributed by atoms with E-state index in [9.17, 15) is 10.1 Å². The second-order valence-corrected chi connectivity index (χ2v) is 9.01. The minimum Gasteiger partial charge on any atom is -0.496 e. The number of nitrogens with zero attached hydrogens (tertiary/aromatic N) is 1. The Balaban J connectivity index is 1.65. The van der Waals surface area contributed by atoms with Crippen molar-refractivity contribution in [3.05, 3.63) is 93.3 Å². The van der Waals surface area contributed by atoms with E-state index in [1.165, 1.54) is 0 Å². The van der Waals surface area contributed by atoms with E-state index in [1.807, 2.05) is 32.0 Å². The number of nitriles is 1. The number of hydrogen-bond donors (Lipinski definition) is 1. The lowest BCUT2D eigenvalue weighted by Gasteiger charge is -2.27. The van der Waals surface area contributed by atoms with E-state index < -0.39 is 11.9 Å². The lowest BCUT2D eigenvalue weighted by Crippen LogP contribution is -2.21. The number of carbonyl (C=O) groups is 1. The zero-order valence-electron chi connectivity index (χ0n) is 19.4. The topological polar surface area (TPSA) is 104 Å². The van der Waals surface area contributed by atoms with Gasteiger partial charge in [-0.1, -0.05) is 22.0 Å². The molecule has 0 bridgehead atoms. The third-order valence-corrected chi connectivity index (χ3v) is 5.86. The van der Waals surface area contributed by atoms with Gasteiger partial charge >= 0.3 is 5.97 Å². The largest absolute Gasteiger partial charge is 0.496 e. The minimum atomic E-state index is -0.525. The second-order valence-electron chi connectivity index (χ2n) is 8.09. The molecule has 0 saturated heterocycles. The molecule has 1 aliphatic rings. The molecule has 1 heterocycles. The zero-order chi connectivity index (χ0) is 25.1. The average Bonchev–Trinajstić information content (AvgIpc) is 2.83. The van der Waals surface area contributed by atoms with E-state index in [0.717, 1.165) is 10.0 Å². The molecule has 2 N–H and O–H groups in total. The highest BCUT2D eigenvalue weighted by Crippen LogP contribution is 2.46. The second kappa shape index (κ2) is 10.1. The van der Waals surface area contributed by atoms with Crippen molar-refractivity contribution in [2.75, 3.05) is 7.11 Å². The molecule has 4 rings (SSSR count). The van der Waals surface area contributed by atoms with Gasteiger partial charge in [-0.05, 0) is 62.4 Å². The van der Waals surface area contributed by atoms with Crippen LogP contribution in [0.1, 0.15) is 41.3 Å². The average molecular weight is 535 g/mol. The van der Waals surface area contributed by atoms with E-state index in [4.69, 9.17) is 24.7 Å². The summed E-state index contributed by atoms with van der Waals surface area (Å²) >= 11 is 3.48. The van der Waals surface area contributed by atoms with Gasteiger partial charge in [-0.2, -0.15) is 5.26 Å². The van der Waals surface area contributed by atoms with Gasteiger partial charge in [0.05, 0.1) is 24.7 Å². The highest BCUT2D eigenvalue weighted by atomic mass is 79.9. The molecule has 0 spiro atoms. The number of hydrogen-bond acceptors (Lipinski definition) is 7. The van der Waals surface area contributed by atoms with Crippen LogP contribution in [0.3, 0.4) is 0 Å². The van der Waals surface area contributed by atoms with Gasteiger partial charge in [0.15, 0.2) is 0 Å². The molecule has 7 nitrogen and oxygen atoms in total. The van der Waals surface area contributed by atoms with E-state index in [1.54, 1.807) is 49.6 Å². The summed E-state index contributed by atoms with van der Waals surface area (Å²) in [7, 11) is 1.57. The van der Waals surface area contributed by atoms with Gasteiger partial charge in [-0.3, -0.25) is 0 Å². The summed E-state index contributed by atoms with van der Waals surface area (Å²) in [5, 5.41) is 9.82. The van der Waals surface area contributed by atoms with E-state index in [-0.39, 0.29) is 23.3 Å². The fourth-order valence-electron chi connectivity index (χ4n) is 3.86. The number of halogens is 1. The summed E-state index contributed by atoms with van der Waals surface area (Å²) in [6, 6.07) is 19.4. The number of rotatable bonds is 6. The summed E-state index contributed by atoms with van der Waals surface area (Å²) in [5.41, 5.74) is 8.20. The Morgan fingerprint density at radius 3 is 2.43 bits per heavy atom. The molecule has 178 valence electrons. The van der Waals surface area contributed by atoms with Gasteiger partial charge in [-0.15, -0.1) is 0 Å². The molecule has 3 aromatic rings. The summed E-state index contributed by atoms with van der Waals surface area (Å²) < 4.78 is 23.3. The first-order valence-corrected chi connectivity index (χ1v) is 11.6. The first-order valence-electron chi connectivity index (χ1n) is 10.8. The van der Waals surface area contributed by atoms with Crippen molar-refractivity contribution in [2.24, 2.45) is 5.73 Å². The van der Waals surface area contributed by atoms with Gasteiger partial charge in [-0.25, -0.2) is 4.79 Å². The number of fused-ring (bicyclic) bond motifs is 1. The summed E-state index contributed by atoms with van der Waals surface area (Å²) in [5.74, 6) is 0.883. The maximum Gasteiger partial charge on any atom is 0.343 e. The molecule has 1 unspecified atom stereocenters. The minimum absolute atomic E-state index is 0.0174. The first-order chi connectivity index (χ1) is 16.8. The maximum absolute atomic E-state index is 12.7. The van der Waals surface area contributed by atoms with E-state index in [0.29, 0.717) is 28.4 Å². The fourth-order valence-corrected chi connectivity index (χ4v) is 4.24. The number of benzene rings is 3. The van der Waals surface area contributed by atoms with Crippen LogP contribution in [0.5, 0.6) is 23.0 Å². The number of esters is 1. The molecule has 0 aromatic heterocycles. The molecule has 1 aliphatic heterocycles. The number of allylic oxidation sites excluding steroid dienone is 1. The van der Waals surface area contributed by atoms with Crippen molar-refractivity contribution in [2.45, 2.75) is 25.9 Å². The van der Waals surface area contributed by atoms with Crippen LogP contribution in [0, 0.1) is 11.3 Å². The Morgan fingerprint density at radius 1 is 1.06 bits per heavy atom. The van der Waals surface area contributed by atoms with Crippen molar-refractivity contribution in [3.63, 3.8) is 0 Å². The maximum atomic E-state index is 12.7. The Bertz CT molecular complexity index is 1340. The van der Waals surface area contributed by atoms with Gasteiger partial charge < -0.3 is 24.7 Å². The van der Waals surface area contributed by atoms with Crippen molar-refractivity contribution in [1.82, 2.24) is 0 Å². The molecule has 8 heteroatoms. The molecule has 0 aliphatic carbocycles. The lowest BCUT2D eigenvalue weighted by atomic mass is 9.83. The number of nitrogens with two attached hydrogens (primary N) is 1. The monoisotopic (exact) mass is 534 g/mol. The van der Waals surface area contributed by atoms with Crippen LogP contribution in [0.2, 0.25) is 0 Å². The highest BCUT2D eigenvalue weighted by Gasteiger charge is 2.33. The Morgan fingerprint density at radius 2 is 1.77 bits per heavy atom. The molecule has 0 radical (unpaired) electrons. The van der Waals surface area contributed by atoms with Crippen molar-refractivity contribution >= 4 is 21.9 Å². The Hall–Kier alpha value is -3.96. The molecule has 0 amide bonds. The standard InChI is InChI=1S/C27H23BrN2O5/c1-15(2)33-18-7-4-16(5-8-18)27(31)34-19-9-10-20-24(13-19)35-26(30)22(14-29)25(20)21-12-17(28)6-11-23(21)32-3/h4-13,15,25H,30H2,1-3H3. The van der Waals surface area contributed by atoms with E-state index in [2.05, 4.69) is 22.0 Å². The number of carbonyl (C=O) groups excluding carboxylic acids is 1. The predicted octanol–water partition coefficient (Wildman–Crippen LogP) is 5.68. The predicted molar refractivity (Wildman–Crippen MR) is 134 cm³/mol. The molecule has 0 saturated carbocycles. The van der Waals surface area contributed by atoms with Gasteiger partial charge in [0.1, 0.15) is 34.6 Å². The Labute approximate surface area is 211 Å². The molecule has 0 fully saturated rings. The number of ether oxygens (including phenoxy) is 4. The van der Waals surface area contributed by atoms with Crippen molar-refractivity contribution in [3.8, 4) is 29.1 Å². The highest BCUT2D eigenvalue weighted by molar-refractivity contribution is 9.10. The quantitative estimate of drug-likeness (QED) is 0.320. The molecule has 3 aromatic carbocycles. The molecule has 1 atom stereocenters. The summed E-state index contributed by atoms with van der Waals surface area (Å²) in [4.78, 5) is 12.7. The van der Waals surface area contributed by atoms with Crippen LogP contribution >= 0.6 is 15.9 Å². The third kappa shape index (κ3) is 5.10. The van der Waals surface area contributed by atoms with Crippen LogP contribution in [0.15, 0.2) is 76.6 Å². The van der Waals surface area contributed by atoms with E-state index >= 15 is 0 Å². The third-order valence-electron chi connectivity index (χ3n) is 5.37. The molecular formula is C27H23BrN2O5. The lowest BCUT2D eigenvalue weighted by molar-refractivity contribution is 0.0734. The van der Waals surface area contributed by atoms with Crippen LogP contribution in [-0.4, -0.2) is 19.2 Å². The van der Waals surface area contributed by atoms with Crippen molar-refractivity contribution < 1.29 is 23.7 Å². The SMILES string of the molecule is COc1ccc(Br)cc1C1C(C#N)=C(N)Oc2cc(OC(=O)c3ccc(OC(C)C)cc3)ccc21. The first kappa shape index (κ1) is 24.2. The Kier molecular flexibility index (Phi) is 6.99.